The van der Waals surface area contributed by atoms with Crippen molar-refractivity contribution in [3.63, 3.8) is 0 Å². The van der Waals surface area contributed by atoms with Gasteiger partial charge in [0.05, 0.1) is 5.25 Å². The van der Waals surface area contributed by atoms with Crippen molar-refractivity contribution in [2.45, 2.75) is 55.2 Å². The zero-order valence-electron chi connectivity index (χ0n) is 20.3. The van der Waals surface area contributed by atoms with Crippen LogP contribution in [-0.4, -0.2) is 51.4 Å². The number of sulfonamides is 1. The first-order valence-corrected chi connectivity index (χ1v) is 14.3. The highest BCUT2D eigenvalue weighted by atomic mass is 35.5. The molecule has 2 fully saturated rings. The standard InChI is InChI=1S/C26H34ClN3O3S.2ClH/c27-21-7-5-20(6-8-21)26(11-2-12-26)25-24-17-22(9-4-19(24)10-13-29-25)33-16-15-30-14-1-3-23(18-30)34(28,31)32;;/h4-9,17,23,25,29H,1-3,10-16,18H2,(H2,28,31,32);2*1H. The molecule has 0 amide bonds. The summed E-state index contributed by atoms with van der Waals surface area (Å²) in [6.45, 7) is 3.57. The summed E-state index contributed by atoms with van der Waals surface area (Å²) in [5.74, 6) is 0.873. The Morgan fingerprint density at radius 3 is 2.53 bits per heavy atom. The van der Waals surface area contributed by atoms with Gasteiger partial charge in [-0.25, -0.2) is 13.6 Å². The molecule has 0 bridgehead atoms. The average molecular weight is 577 g/mol. The molecule has 2 heterocycles. The summed E-state index contributed by atoms with van der Waals surface area (Å²) in [5.41, 5.74) is 4.18. The molecule has 0 spiro atoms. The van der Waals surface area contributed by atoms with Gasteiger partial charge in [-0.2, -0.15) is 0 Å². The number of fused-ring (bicyclic) bond motifs is 1. The number of nitrogens with two attached hydrogens (primary N) is 1. The molecule has 1 aliphatic carbocycles. The Balaban J connectivity index is 0.00000180. The maximum atomic E-state index is 11.7. The summed E-state index contributed by atoms with van der Waals surface area (Å²) < 4.78 is 29.6. The molecule has 0 aromatic heterocycles. The SMILES string of the molecule is Cl.Cl.NS(=O)(=O)C1CCCN(CCOc2ccc3c(c2)C(C2(c4ccc(Cl)cc4)CCC2)NCC3)C1. The molecule has 0 radical (unpaired) electrons. The van der Waals surface area contributed by atoms with E-state index in [0.29, 0.717) is 26.1 Å². The number of hydrogen-bond acceptors (Lipinski definition) is 5. The number of nitrogens with zero attached hydrogens (tertiary/aromatic N) is 1. The van der Waals surface area contributed by atoms with Crippen molar-refractivity contribution in [1.29, 1.82) is 0 Å². The molecule has 2 aromatic carbocycles. The van der Waals surface area contributed by atoms with Gasteiger partial charge in [0.25, 0.3) is 0 Å². The Labute approximate surface area is 232 Å². The number of ether oxygens (including phenoxy) is 1. The molecule has 3 N–H and O–H groups in total. The van der Waals surface area contributed by atoms with Crippen LogP contribution in [0.25, 0.3) is 0 Å². The molecule has 2 atom stereocenters. The van der Waals surface area contributed by atoms with Crippen LogP contribution in [0.15, 0.2) is 42.5 Å². The molecule has 36 heavy (non-hydrogen) atoms. The molecule has 2 aromatic rings. The van der Waals surface area contributed by atoms with Crippen molar-refractivity contribution in [3.05, 3.63) is 64.2 Å². The summed E-state index contributed by atoms with van der Waals surface area (Å²) >= 11 is 6.17. The van der Waals surface area contributed by atoms with Gasteiger partial charge in [-0.15, -0.1) is 24.8 Å². The maximum Gasteiger partial charge on any atom is 0.213 e. The van der Waals surface area contributed by atoms with Gasteiger partial charge in [0.1, 0.15) is 12.4 Å². The van der Waals surface area contributed by atoms with E-state index in [4.69, 9.17) is 21.5 Å². The Kier molecular flexibility index (Phi) is 10.00. The summed E-state index contributed by atoms with van der Waals surface area (Å²) in [7, 11) is -3.49. The molecule has 200 valence electrons. The van der Waals surface area contributed by atoms with Gasteiger partial charge < -0.3 is 10.1 Å². The molecule has 5 rings (SSSR count). The highest BCUT2D eigenvalue weighted by molar-refractivity contribution is 7.89. The highest BCUT2D eigenvalue weighted by Crippen LogP contribution is 2.53. The van der Waals surface area contributed by atoms with Crippen molar-refractivity contribution in [1.82, 2.24) is 10.2 Å². The predicted molar refractivity (Wildman–Crippen MR) is 150 cm³/mol. The fraction of sp³-hybridized carbons (Fsp3) is 0.538. The smallest absolute Gasteiger partial charge is 0.213 e. The topological polar surface area (TPSA) is 84.7 Å². The molecule has 10 heteroatoms. The first-order valence-electron chi connectivity index (χ1n) is 12.3. The van der Waals surface area contributed by atoms with Crippen molar-refractivity contribution in [2.24, 2.45) is 5.14 Å². The van der Waals surface area contributed by atoms with E-state index in [1.54, 1.807) is 0 Å². The van der Waals surface area contributed by atoms with Gasteiger partial charge in [-0.1, -0.05) is 36.2 Å². The van der Waals surface area contributed by atoms with Crippen LogP contribution in [-0.2, 0) is 21.9 Å². The van der Waals surface area contributed by atoms with E-state index in [1.165, 1.54) is 23.1 Å². The maximum absolute atomic E-state index is 11.7. The predicted octanol–water partition coefficient (Wildman–Crippen LogP) is 4.62. The molecular weight excluding hydrogens is 541 g/mol. The normalized spacial score (nSPS) is 23.4. The second-order valence-corrected chi connectivity index (χ2v) is 12.3. The van der Waals surface area contributed by atoms with Crippen molar-refractivity contribution in [2.75, 3.05) is 32.8 Å². The van der Waals surface area contributed by atoms with Crippen LogP contribution < -0.4 is 15.2 Å². The third-order valence-corrected chi connectivity index (χ3v) is 9.56. The van der Waals surface area contributed by atoms with E-state index < -0.39 is 15.3 Å². The van der Waals surface area contributed by atoms with Crippen LogP contribution in [0.3, 0.4) is 0 Å². The van der Waals surface area contributed by atoms with Crippen LogP contribution >= 0.6 is 36.4 Å². The molecular formula is C26H36Cl3N3O3S. The quantitative estimate of drug-likeness (QED) is 0.502. The van der Waals surface area contributed by atoms with Crippen molar-refractivity contribution < 1.29 is 13.2 Å². The van der Waals surface area contributed by atoms with Gasteiger partial charge in [0, 0.05) is 29.6 Å². The largest absolute Gasteiger partial charge is 0.492 e. The zero-order valence-corrected chi connectivity index (χ0v) is 23.5. The number of nitrogens with one attached hydrogen (secondary N) is 1. The van der Waals surface area contributed by atoms with Crippen LogP contribution in [0, 0.1) is 0 Å². The van der Waals surface area contributed by atoms with Crippen LogP contribution in [0.1, 0.15) is 54.8 Å². The second-order valence-electron chi connectivity index (χ2n) is 10.0. The number of piperidine rings is 1. The third-order valence-electron chi connectivity index (χ3n) is 7.99. The first-order chi connectivity index (χ1) is 16.3. The lowest BCUT2D eigenvalue weighted by Crippen LogP contribution is -2.49. The number of likely N-dealkylation sites (tertiary alicyclic amines) is 1. The Hall–Kier alpha value is -1.06. The summed E-state index contributed by atoms with van der Waals surface area (Å²) in [6, 6.07) is 15.1. The van der Waals surface area contributed by atoms with Crippen LogP contribution in [0.2, 0.25) is 5.02 Å². The lowest BCUT2D eigenvalue weighted by molar-refractivity contribution is 0.163. The average Bonchev–Trinajstić information content (AvgIpc) is 2.79. The Bertz CT molecular complexity index is 1130. The highest BCUT2D eigenvalue weighted by Gasteiger charge is 2.47. The van der Waals surface area contributed by atoms with Gasteiger partial charge in [0.2, 0.25) is 10.0 Å². The van der Waals surface area contributed by atoms with E-state index in [0.717, 1.165) is 49.5 Å². The van der Waals surface area contributed by atoms with Crippen LogP contribution in [0.5, 0.6) is 5.75 Å². The van der Waals surface area contributed by atoms with E-state index >= 15 is 0 Å². The zero-order chi connectivity index (χ0) is 23.8. The minimum Gasteiger partial charge on any atom is -0.492 e. The third kappa shape index (κ3) is 6.15. The van der Waals surface area contributed by atoms with Gasteiger partial charge in [-0.3, -0.25) is 4.90 Å². The van der Waals surface area contributed by atoms with Crippen molar-refractivity contribution >= 4 is 46.4 Å². The number of hydrogen-bond donors (Lipinski definition) is 2. The van der Waals surface area contributed by atoms with Gasteiger partial charge in [0.15, 0.2) is 0 Å². The van der Waals surface area contributed by atoms with E-state index in [9.17, 15) is 8.42 Å². The number of benzene rings is 2. The minimum atomic E-state index is -3.49. The minimum absolute atomic E-state index is 0. The lowest BCUT2D eigenvalue weighted by Gasteiger charge is -2.50. The van der Waals surface area contributed by atoms with Gasteiger partial charge in [-0.05, 0) is 86.1 Å². The fourth-order valence-electron chi connectivity index (χ4n) is 5.97. The van der Waals surface area contributed by atoms with E-state index in [-0.39, 0.29) is 36.3 Å². The van der Waals surface area contributed by atoms with Gasteiger partial charge >= 0.3 is 0 Å². The number of halogens is 3. The van der Waals surface area contributed by atoms with E-state index in [2.05, 4.69) is 40.5 Å². The van der Waals surface area contributed by atoms with Crippen molar-refractivity contribution in [3.8, 4) is 5.75 Å². The monoisotopic (exact) mass is 575 g/mol. The number of primary sulfonamides is 1. The second kappa shape index (κ2) is 12.2. The number of rotatable bonds is 7. The van der Waals surface area contributed by atoms with Crippen LogP contribution in [0.4, 0.5) is 0 Å². The summed E-state index contributed by atoms with van der Waals surface area (Å²) in [4.78, 5) is 2.14. The molecule has 1 saturated heterocycles. The molecule has 1 saturated carbocycles. The molecule has 3 aliphatic rings. The molecule has 2 aliphatic heterocycles. The first kappa shape index (κ1) is 29.5. The lowest BCUT2D eigenvalue weighted by atomic mass is 9.58. The Morgan fingerprint density at radius 2 is 1.86 bits per heavy atom. The van der Waals surface area contributed by atoms with E-state index in [1.807, 2.05) is 12.1 Å². The molecule has 6 nitrogen and oxygen atoms in total. The Morgan fingerprint density at radius 1 is 1.11 bits per heavy atom. The summed E-state index contributed by atoms with van der Waals surface area (Å²) in [5, 5.41) is 9.50. The fourth-order valence-corrected chi connectivity index (χ4v) is 7.01. The molecule has 2 unspecified atom stereocenters. The summed E-state index contributed by atoms with van der Waals surface area (Å²) in [6.07, 6.45) is 6.08.